The van der Waals surface area contributed by atoms with E-state index in [4.69, 9.17) is 9.47 Å². The molecule has 2 aromatic rings. The summed E-state index contributed by atoms with van der Waals surface area (Å²) in [6.07, 6.45) is 0.853. The Morgan fingerprint density at radius 3 is 2.09 bits per heavy atom. The van der Waals surface area contributed by atoms with E-state index in [1.807, 2.05) is 12.1 Å². The number of hydrogen-bond donors (Lipinski definition) is 0. The number of anilines is 1. The lowest BCUT2D eigenvalue weighted by molar-refractivity contribution is 0.391. The second kappa shape index (κ2) is 7.74. The van der Waals surface area contributed by atoms with Crippen molar-refractivity contribution in [3.8, 4) is 11.5 Å². The average Bonchev–Trinajstić information content (AvgIpc) is 2.57. The fraction of sp³-hybridized carbons (Fsp3) is 0.368. The monoisotopic (exact) mass is 299 g/mol. The number of nitrogens with zero attached hydrogens (tertiary/aromatic N) is 1. The molecule has 0 heterocycles. The first-order chi connectivity index (χ1) is 10.7. The summed E-state index contributed by atoms with van der Waals surface area (Å²) in [5, 5.41) is 0. The molecule has 0 bridgehead atoms. The first kappa shape index (κ1) is 16.2. The van der Waals surface area contributed by atoms with E-state index < -0.39 is 0 Å². The van der Waals surface area contributed by atoms with E-state index in [1.165, 1.54) is 16.8 Å². The van der Waals surface area contributed by atoms with Crippen molar-refractivity contribution in [2.75, 3.05) is 32.2 Å². The van der Waals surface area contributed by atoms with Gasteiger partial charge in [-0.1, -0.05) is 18.2 Å². The predicted octanol–water partition coefficient (Wildman–Crippen LogP) is 4.14. The maximum Gasteiger partial charge on any atom is 0.126 e. The van der Waals surface area contributed by atoms with Crippen LogP contribution in [0.1, 0.15) is 25.0 Å². The van der Waals surface area contributed by atoms with Crippen LogP contribution < -0.4 is 14.4 Å². The Balaban J connectivity index is 2.17. The van der Waals surface area contributed by atoms with Gasteiger partial charge in [-0.25, -0.2) is 0 Å². The molecule has 0 fully saturated rings. The van der Waals surface area contributed by atoms with E-state index in [9.17, 15) is 0 Å². The van der Waals surface area contributed by atoms with Crippen molar-refractivity contribution in [2.45, 2.75) is 20.3 Å². The highest BCUT2D eigenvalue weighted by molar-refractivity contribution is 5.49. The molecule has 3 heteroatoms. The summed E-state index contributed by atoms with van der Waals surface area (Å²) in [6, 6.07) is 14.7. The summed E-state index contributed by atoms with van der Waals surface area (Å²) in [6.45, 7) is 6.42. The van der Waals surface area contributed by atoms with Crippen LogP contribution in [0, 0.1) is 0 Å². The Morgan fingerprint density at radius 2 is 1.55 bits per heavy atom. The van der Waals surface area contributed by atoms with Crippen molar-refractivity contribution in [2.24, 2.45) is 0 Å². The molecule has 0 amide bonds. The van der Waals surface area contributed by atoms with Gasteiger partial charge in [0.2, 0.25) is 0 Å². The fourth-order valence-corrected chi connectivity index (χ4v) is 2.63. The molecule has 0 saturated heterocycles. The average molecular weight is 299 g/mol. The highest BCUT2D eigenvalue weighted by Crippen LogP contribution is 2.27. The van der Waals surface area contributed by atoms with Crippen LogP contribution in [0.15, 0.2) is 42.5 Å². The molecule has 3 nitrogen and oxygen atoms in total. The molecule has 118 valence electrons. The van der Waals surface area contributed by atoms with Crippen molar-refractivity contribution < 1.29 is 9.47 Å². The lowest BCUT2D eigenvalue weighted by Crippen LogP contribution is -2.21. The molecule has 0 aliphatic rings. The molecule has 0 aliphatic heterocycles. The van der Waals surface area contributed by atoms with E-state index in [1.54, 1.807) is 14.2 Å². The van der Waals surface area contributed by atoms with Gasteiger partial charge in [-0.3, -0.25) is 0 Å². The van der Waals surface area contributed by atoms with Gasteiger partial charge in [0, 0.05) is 31.3 Å². The molecule has 0 spiro atoms. The van der Waals surface area contributed by atoms with E-state index >= 15 is 0 Å². The molecule has 0 aromatic heterocycles. The summed E-state index contributed by atoms with van der Waals surface area (Å²) in [5.41, 5.74) is 3.72. The molecule has 0 aliphatic carbocycles. The van der Waals surface area contributed by atoms with Crippen LogP contribution in [-0.4, -0.2) is 27.3 Å². The largest absolute Gasteiger partial charge is 0.497 e. The summed E-state index contributed by atoms with van der Waals surface area (Å²) in [5.74, 6) is 1.68. The second-order valence-corrected chi connectivity index (χ2v) is 5.19. The fourth-order valence-electron chi connectivity index (χ4n) is 2.63. The van der Waals surface area contributed by atoms with Crippen LogP contribution in [-0.2, 0) is 6.42 Å². The van der Waals surface area contributed by atoms with Gasteiger partial charge < -0.3 is 14.4 Å². The zero-order valence-electron chi connectivity index (χ0n) is 13.9. The van der Waals surface area contributed by atoms with Gasteiger partial charge in [0.25, 0.3) is 0 Å². The minimum Gasteiger partial charge on any atom is -0.497 e. The SMILES string of the molecule is CCN(CC)c1ccc(Cc2ccc(OC)cc2OC)cc1. The highest BCUT2D eigenvalue weighted by Gasteiger charge is 2.07. The second-order valence-electron chi connectivity index (χ2n) is 5.19. The Bertz CT molecular complexity index is 589. The van der Waals surface area contributed by atoms with Crippen molar-refractivity contribution in [3.05, 3.63) is 53.6 Å². The number of hydrogen-bond acceptors (Lipinski definition) is 3. The Kier molecular flexibility index (Phi) is 5.70. The molecule has 0 saturated carbocycles. The van der Waals surface area contributed by atoms with Crippen LogP contribution in [0.5, 0.6) is 11.5 Å². The van der Waals surface area contributed by atoms with E-state index in [0.29, 0.717) is 0 Å². The van der Waals surface area contributed by atoms with Crippen molar-refractivity contribution in [1.82, 2.24) is 0 Å². The zero-order chi connectivity index (χ0) is 15.9. The van der Waals surface area contributed by atoms with Crippen molar-refractivity contribution in [3.63, 3.8) is 0 Å². The number of methoxy groups -OCH3 is 2. The van der Waals surface area contributed by atoms with Gasteiger partial charge in [0.15, 0.2) is 0 Å². The molecule has 0 unspecified atom stereocenters. The van der Waals surface area contributed by atoms with Gasteiger partial charge in [-0.2, -0.15) is 0 Å². The third kappa shape index (κ3) is 3.73. The third-order valence-electron chi connectivity index (χ3n) is 3.95. The van der Waals surface area contributed by atoms with Crippen LogP contribution >= 0.6 is 0 Å². The minimum atomic E-state index is 0.817. The van der Waals surface area contributed by atoms with Gasteiger partial charge in [0.05, 0.1) is 14.2 Å². The molecule has 2 aromatic carbocycles. The van der Waals surface area contributed by atoms with Gasteiger partial charge in [-0.15, -0.1) is 0 Å². The standard InChI is InChI=1S/C19H25NO2/c1-5-20(6-2)17-10-7-15(8-11-17)13-16-9-12-18(21-3)14-19(16)22-4/h7-12,14H,5-6,13H2,1-4H3. The summed E-state index contributed by atoms with van der Waals surface area (Å²) in [7, 11) is 3.36. The molecule has 22 heavy (non-hydrogen) atoms. The first-order valence-electron chi connectivity index (χ1n) is 7.76. The summed E-state index contributed by atoms with van der Waals surface area (Å²) < 4.78 is 10.7. The Morgan fingerprint density at radius 1 is 0.864 bits per heavy atom. The van der Waals surface area contributed by atoms with Gasteiger partial charge in [-0.05, 0) is 43.2 Å². The van der Waals surface area contributed by atoms with Crippen molar-refractivity contribution in [1.29, 1.82) is 0 Å². The molecule has 0 radical (unpaired) electrons. The smallest absolute Gasteiger partial charge is 0.126 e. The lowest BCUT2D eigenvalue weighted by Gasteiger charge is -2.21. The highest BCUT2D eigenvalue weighted by atomic mass is 16.5. The minimum absolute atomic E-state index is 0.817. The normalized spacial score (nSPS) is 10.4. The Labute approximate surface area is 133 Å². The first-order valence-corrected chi connectivity index (χ1v) is 7.76. The van der Waals surface area contributed by atoms with E-state index in [-0.39, 0.29) is 0 Å². The predicted molar refractivity (Wildman–Crippen MR) is 92.4 cm³/mol. The van der Waals surface area contributed by atoms with E-state index in [2.05, 4.69) is 49.1 Å². The maximum atomic E-state index is 5.47. The lowest BCUT2D eigenvalue weighted by atomic mass is 10.0. The number of rotatable bonds is 7. The summed E-state index contributed by atoms with van der Waals surface area (Å²) in [4.78, 5) is 2.34. The van der Waals surface area contributed by atoms with Crippen LogP contribution in [0.2, 0.25) is 0 Å². The molecule has 0 atom stereocenters. The van der Waals surface area contributed by atoms with E-state index in [0.717, 1.165) is 31.0 Å². The van der Waals surface area contributed by atoms with Crippen LogP contribution in [0.4, 0.5) is 5.69 Å². The number of benzene rings is 2. The molecular weight excluding hydrogens is 274 g/mol. The topological polar surface area (TPSA) is 21.7 Å². The van der Waals surface area contributed by atoms with Crippen molar-refractivity contribution >= 4 is 5.69 Å². The zero-order valence-corrected chi connectivity index (χ0v) is 13.9. The Hall–Kier alpha value is -2.16. The summed E-state index contributed by atoms with van der Waals surface area (Å²) >= 11 is 0. The van der Waals surface area contributed by atoms with Crippen LogP contribution in [0.3, 0.4) is 0 Å². The van der Waals surface area contributed by atoms with Crippen LogP contribution in [0.25, 0.3) is 0 Å². The molecule has 0 N–H and O–H groups in total. The quantitative estimate of drug-likeness (QED) is 0.767. The van der Waals surface area contributed by atoms with Gasteiger partial charge >= 0.3 is 0 Å². The third-order valence-corrected chi connectivity index (χ3v) is 3.95. The molecular formula is C19H25NO2. The molecule has 2 rings (SSSR count). The van der Waals surface area contributed by atoms with Gasteiger partial charge in [0.1, 0.15) is 11.5 Å². The maximum absolute atomic E-state index is 5.47. The number of ether oxygens (including phenoxy) is 2.